The smallest absolute Gasteiger partial charge is 0.256 e. The Morgan fingerprint density at radius 3 is 2.56 bits per heavy atom. The summed E-state index contributed by atoms with van der Waals surface area (Å²) in [6.45, 7) is 14.7. The number of rotatable bonds is 2. The third-order valence-corrected chi connectivity index (χ3v) is 11.7. The Morgan fingerprint density at radius 2 is 1.88 bits per heavy atom. The van der Waals surface area contributed by atoms with E-state index in [0.29, 0.717) is 11.3 Å². The van der Waals surface area contributed by atoms with Gasteiger partial charge in [0.2, 0.25) is 12.5 Å². The highest BCUT2D eigenvalue weighted by atomic mass is 28.4. The molecule has 0 aromatic heterocycles. The van der Waals surface area contributed by atoms with Gasteiger partial charge in [-0.15, -0.1) is 0 Å². The Kier molecular flexibility index (Phi) is 4.57. The van der Waals surface area contributed by atoms with Gasteiger partial charge in [0.1, 0.15) is 12.2 Å². The van der Waals surface area contributed by atoms with Gasteiger partial charge in [-0.05, 0) is 49.7 Å². The summed E-state index contributed by atoms with van der Waals surface area (Å²) in [5.41, 5.74) is 1.62. The first kappa shape index (κ1) is 21.8. The number of benzene rings is 1. The molecule has 1 aliphatic carbocycles. The molecule has 4 atom stereocenters. The van der Waals surface area contributed by atoms with Gasteiger partial charge in [0.05, 0.1) is 17.7 Å². The number of phenolic OH excluding ortho intramolecular Hbond substituents is 1. The highest BCUT2D eigenvalue weighted by molar-refractivity contribution is 6.74. The maximum atomic E-state index is 13.0. The zero-order chi connectivity index (χ0) is 23.2. The number of carbonyl (C=O) groups excluding carboxylic acids is 1. The summed E-state index contributed by atoms with van der Waals surface area (Å²) in [6.07, 6.45) is 0.878. The zero-order valence-electron chi connectivity index (χ0n) is 19.6. The van der Waals surface area contributed by atoms with Gasteiger partial charge in [-0.2, -0.15) is 0 Å². The minimum atomic E-state index is -2.15. The van der Waals surface area contributed by atoms with Crippen molar-refractivity contribution < 1.29 is 33.3 Å². The number of ether oxygens (including phenoxy) is 4. The third kappa shape index (κ3) is 3.17. The maximum absolute atomic E-state index is 13.0. The maximum Gasteiger partial charge on any atom is 0.256 e. The van der Waals surface area contributed by atoms with Crippen LogP contribution in [-0.4, -0.2) is 56.3 Å². The molecule has 0 radical (unpaired) electrons. The summed E-state index contributed by atoms with van der Waals surface area (Å²) in [6, 6.07) is 1.33. The second-order valence-electron chi connectivity index (χ2n) is 10.9. The summed E-state index contributed by atoms with van der Waals surface area (Å²) in [7, 11) is -2.15. The normalized spacial score (nSPS) is 30.2. The first-order chi connectivity index (χ1) is 14.8. The van der Waals surface area contributed by atoms with Crippen molar-refractivity contribution in [3.8, 4) is 17.2 Å². The van der Waals surface area contributed by atoms with E-state index in [0.717, 1.165) is 5.57 Å². The average Bonchev–Trinajstić information content (AvgIpc) is 3.25. The summed E-state index contributed by atoms with van der Waals surface area (Å²) in [4.78, 5) is 13.0. The highest BCUT2D eigenvalue weighted by Gasteiger charge is 2.56. The van der Waals surface area contributed by atoms with Gasteiger partial charge < -0.3 is 33.8 Å². The molecule has 1 aromatic carbocycles. The second-order valence-corrected chi connectivity index (χ2v) is 15.6. The molecule has 3 aliphatic heterocycles. The van der Waals surface area contributed by atoms with E-state index in [1.165, 1.54) is 0 Å². The molecule has 1 fully saturated rings. The molecule has 4 aliphatic rings. The van der Waals surface area contributed by atoms with E-state index in [2.05, 4.69) is 39.2 Å². The van der Waals surface area contributed by atoms with Gasteiger partial charge in [-0.1, -0.05) is 20.8 Å². The molecular weight excluding hydrogens is 430 g/mol. The lowest BCUT2D eigenvalue weighted by atomic mass is 9.79. The Balaban J connectivity index is 1.64. The van der Waals surface area contributed by atoms with Crippen LogP contribution in [0.25, 0.3) is 5.57 Å². The van der Waals surface area contributed by atoms with Gasteiger partial charge in [0.25, 0.3) is 5.91 Å². The monoisotopic (exact) mass is 461 g/mol. The number of amides is 1. The standard InChI is InChI=1S/C23H31NO7Si/c1-22(2,3)32(6,7)31-14-9-12-11-8-13-18(28-10-27-13)17(25)15(11)21(26)24-16(12)20-19(14)29-23(4,5)30-20/h8-9,14,16,19-20,25H,10H2,1-7H3,(H,24,26)/t14-,16+,19?,20?/m0/s1. The van der Waals surface area contributed by atoms with Crippen molar-refractivity contribution in [2.75, 3.05) is 6.79 Å². The first-order valence-electron chi connectivity index (χ1n) is 11.0. The molecule has 1 amide bonds. The number of aromatic hydroxyl groups is 1. The molecule has 2 N–H and O–H groups in total. The van der Waals surface area contributed by atoms with E-state index >= 15 is 0 Å². The molecule has 0 spiro atoms. The van der Waals surface area contributed by atoms with E-state index in [1.54, 1.807) is 6.07 Å². The largest absolute Gasteiger partial charge is 0.504 e. The molecule has 8 nitrogen and oxygen atoms in total. The fourth-order valence-electron chi connectivity index (χ4n) is 4.61. The van der Waals surface area contributed by atoms with Crippen LogP contribution in [0.15, 0.2) is 12.1 Å². The number of carbonyl (C=O) groups is 1. The number of fused-ring (bicyclic) bond motifs is 6. The van der Waals surface area contributed by atoms with Crippen LogP contribution in [0, 0.1) is 0 Å². The van der Waals surface area contributed by atoms with E-state index in [4.69, 9.17) is 23.4 Å². The van der Waals surface area contributed by atoms with Gasteiger partial charge in [0.15, 0.2) is 25.6 Å². The van der Waals surface area contributed by atoms with Gasteiger partial charge >= 0.3 is 0 Å². The van der Waals surface area contributed by atoms with Crippen LogP contribution in [0.5, 0.6) is 17.2 Å². The Hall–Kier alpha value is -2.07. The SMILES string of the molecule is CC1(C)OC2C(O1)[C@@H]1NC(=O)c3c(cc4c(c3O)OCO4)C1=C[C@@H]2O[Si](C)(C)C(C)(C)C. The van der Waals surface area contributed by atoms with Crippen molar-refractivity contribution in [3.63, 3.8) is 0 Å². The molecule has 5 rings (SSSR count). The van der Waals surface area contributed by atoms with Crippen LogP contribution in [0.1, 0.15) is 50.5 Å². The van der Waals surface area contributed by atoms with Crippen molar-refractivity contribution in [1.29, 1.82) is 0 Å². The van der Waals surface area contributed by atoms with Crippen LogP contribution in [0.3, 0.4) is 0 Å². The van der Waals surface area contributed by atoms with Crippen LogP contribution in [-0.2, 0) is 13.9 Å². The summed E-state index contributed by atoms with van der Waals surface area (Å²) < 4.78 is 30.2. The Labute approximate surface area is 189 Å². The lowest BCUT2D eigenvalue weighted by Gasteiger charge is -2.44. The molecule has 0 bridgehead atoms. The minimum Gasteiger partial charge on any atom is -0.504 e. The summed E-state index contributed by atoms with van der Waals surface area (Å²) >= 11 is 0. The van der Waals surface area contributed by atoms with Crippen LogP contribution < -0.4 is 14.8 Å². The quantitative estimate of drug-likeness (QED) is 0.651. The van der Waals surface area contributed by atoms with Gasteiger partial charge in [-0.3, -0.25) is 4.79 Å². The van der Waals surface area contributed by atoms with E-state index < -0.39 is 26.3 Å². The van der Waals surface area contributed by atoms with Crippen molar-refractivity contribution >= 4 is 19.8 Å². The van der Waals surface area contributed by atoms with Crippen molar-refractivity contribution in [2.24, 2.45) is 0 Å². The fraction of sp³-hybridized carbons (Fsp3) is 0.609. The van der Waals surface area contributed by atoms with Gasteiger partial charge in [0, 0.05) is 5.56 Å². The van der Waals surface area contributed by atoms with Crippen molar-refractivity contribution in [1.82, 2.24) is 5.32 Å². The molecule has 3 heterocycles. The Bertz CT molecular complexity index is 1030. The predicted octanol–water partition coefficient (Wildman–Crippen LogP) is 3.54. The molecule has 2 unspecified atom stereocenters. The van der Waals surface area contributed by atoms with E-state index in [9.17, 15) is 9.90 Å². The van der Waals surface area contributed by atoms with E-state index in [-0.39, 0.29) is 47.0 Å². The lowest BCUT2D eigenvalue weighted by Crippen LogP contribution is -2.58. The molecule has 32 heavy (non-hydrogen) atoms. The highest BCUT2D eigenvalue weighted by Crippen LogP contribution is 2.51. The molecule has 9 heteroatoms. The first-order valence-corrected chi connectivity index (χ1v) is 13.9. The number of phenols is 1. The molecule has 0 saturated carbocycles. The fourth-order valence-corrected chi connectivity index (χ4v) is 5.85. The van der Waals surface area contributed by atoms with Crippen molar-refractivity contribution in [2.45, 2.75) is 82.9 Å². The zero-order valence-corrected chi connectivity index (χ0v) is 20.6. The minimum absolute atomic E-state index is 0.00281. The van der Waals surface area contributed by atoms with Gasteiger partial charge in [-0.25, -0.2) is 0 Å². The number of hydrogen-bond donors (Lipinski definition) is 2. The topological polar surface area (TPSA) is 95.5 Å². The van der Waals surface area contributed by atoms with E-state index in [1.807, 2.05) is 19.9 Å². The van der Waals surface area contributed by atoms with Crippen LogP contribution in [0.2, 0.25) is 18.1 Å². The lowest BCUT2D eigenvalue weighted by molar-refractivity contribution is -0.151. The molecule has 1 aromatic rings. The molecule has 1 saturated heterocycles. The number of nitrogens with one attached hydrogen (secondary N) is 1. The van der Waals surface area contributed by atoms with Crippen LogP contribution in [0.4, 0.5) is 0 Å². The number of hydrogen-bond acceptors (Lipinski definition) is 7. The molecular formula is C23H31NO7Si. The molecule has 174 valence electrons. The van der Waals surface area contributed by atoms with Crippen molar-refractivity contribution in [3.05, 3.63) is 23.3 Å². The second kappa shape index (κ2) is 6.72. The third-order valence-electron chi connectivity index (χ3n) is 7.19. The summed E-state index contributed by atoms with van der Waals surface area (Å²) in [5, 5.41) is 13.8. The van der Waals surface area contributed by atoms with Crippen LogP contribution >= 0.6 is 0 Å². The summed E-state index contributed by atoms with van der Waals surface area (Å²) in [5.74, 6) is -0.783. The Morgan fingerprint density at radius 1 is 1.19 bits per heavy atom. The predicted molar refractivity (Wildman–Crippen MR) is 119 cm³/mol. The average molecular weight is 462 g/mol.